The lowest BCUT2D eigenvalue weighted by Crippen LogP contribution is -2.47. The highest BCUT2D eigenvalue weighted by Gasteiger charge is 2.55. The van der Waals surface area contributed by atoms with Crippen molar-refractivity contribution in [3.05, 3.63) is 370 Å². The van der Waals surface area contributed by atoms with E-state index in [1.54, 1.807) is 57.2 Å². The molecule has 0 saturated heterocycles. The van der Waals surface area contributed by atoms with Crippen LogP contribution in [0.1, 0.15) is 166 Å². The summed E-state index contributed by atoms with van der Waals surface area (Å²) in [5.41, 5.74) is 22.1. The lowest BCUT2D eigenvalue weighted by atomic mass is 10.0. The van der Waals surface area contributed by atoms with Gasteiger partial charge in [0.05, 0.1) is 34.1 Å². The van der Waals surface area contributed by atoms with Crippen molar-refractivity contribution in [3.63, 3.8) is 0 Å². The van der Waals surface area contributed by atoms with Crippen molar-refractivity contribution in [1.82, 2.24) is 84.4 Å². The fraction of sp³-hybridized carbons (Fsp3) is 0.188. The Kier molecular flexibility index (Phi) is 30.2. The molecule has 14 aromatic rings. The van der Waals surface area contributed by atoms with Gasteiger partial charge in [-0.05, 0) is 229 Å². The SMILES string of the molecule is CC(C)(C)OC(=O)Nc1cc(N)ncn1.Cl.NC(=O)c1[nH]c(=O)c(Br)cc1Cl.Nc1cc(Nc2cc(Cl)c3n(c2=O)C2(CCc4ccc(F)cc42)NC3=O)ncn1.Nc1cc(Nc2cc(Cl)c3n(c2=O)C2(CCc4ccc(F)cc42)NC3=O)ncn1.O=C1CCc2ccc(F)cc21.O=C1NC2(CCc3ccc(F)cc32)n2c1c(Cl)cc(Br)c2=O.O=C1NC2(CCc3ccc(F)cc32)n2c1c(Cl)cc(Nc1cc(NBr)ncn1)c2=O. The lowest BCUT2D eigenvalue weighted by molar-refractivity contribution is 0.0633. The zero-order valence-electron chi connectivity index (χ0n) is 77.0. The van der Waals surface area contributed by atoms with Crippen molar-refractivity contribution in [2.75, 3.05) is 42.8 Å². The van der Waals surface area contributed by atoms with Gasteiger partial charge >= 0.3 is 6.09 Å². The second-order valence-corrected chi connectivity index (χ2v) is 39.2. The van der Waals surface area contributed by atoms with Crippen LogP contribution in [0.5, 0.6) is 0 Å². The number of amides is 6. The van der Waals surface area contributed by atoms with Gasteiger partial charge < -0.3 is 74.2 Å². The number of aryl methyl sites for hydroxylation is 5. The molecule has 149 heavy (non-hydrogen) atoms. The summed E-state index contributed by atoms with van der Waals surface area (Å²) in [6, 6.07) is 34.8. The van der Waals surface area contributed by atoms with Crippen LogP contribution >= 0.6 is 118 Å². The summed E-state index contributed by atoms with van der Waals surface area (Å²) in [6.45, 7) is 5.34. The van der Waals surface area contributed by atoms with Crippen LogP contribution in [0.3, 0.4) is 0 Å². The maximum atomic E-state index is 14.0. The molecule has 0 bridgehead atoms. The van der Waals surface area contributed by atoms with Gasteiger partial charge in [-0.1, -0.05) is 88.3 Å². The van der Waals surface area contributed by atoms with E-state index in [0.29, 0.717) is 115 Å². The number of ketones is 1. The van der Waals surface area contributed by atoms with Gasteiger partial charge in [0.1, 0.15) is 175 Å². The number of aromatic nitrogens is 13. The topological polar surface area (TPSA) is 565 Å². The summed E-state index contributed by atoms with van der Waals surface area (Å²) in [7, 11) is 0. The van der Waals surface area contributed by atoms with Crippen LogP contribution in [0.15, 0.2) is 204 Å². The summed E-state index contributed by atoms with van der Waals surface area (Å²) in [5, 5.41) is 23.2. The Bertz CT molecular complexity index is 8130. The summed E-state index contributed by atoms with van der Waals surface area (Å²) in [6.07, 6.45) is 9.95. The van der Waals surface area contributed by atoms with E-state index in [1.165, 1.54) is 153 Å². The number of aromatic amines is 1. The first-order chi connectivity index (χ1) is 70.3. The molecular formula is C96H76Br3Cl6F5N26O13. The molecule has 4 atom stereocenters. The number of benzene rings is 5. The van der Waals surface area contributed by atoms with E-state index in [4.69, 9.17) is 85.7 Å². The first-order valence-corrected chi connectivity index (χ1v) is 48.4. The predicted octanol–water partition coefficient (Wildman–Crippen LogP) is 15.0. The normalized spacial score (nSPS) is 17.5. The number of ether oxygens (including phenoxy) is 1. The molecule has 53 heteroatoms. The number of nitrogen functional groups attached to an aromatic ring is 3. The monoisotopic (exact) mass is 2340 g/mol. The minimum Gasteiger partial charge on any atom is -0.444 e. The van der Waals surface area contributed by atoms with E-state index in [2.05, 4.69) is 140 Å². The zero-order chi connectivity index (χ0) is 106. The summed E-state index contributed by atoms with van der Waals surface area (Å²) in [4.78, 5) is 181. The van der Waals surface area contributed by atoms with Crippen LogP contribution in [0.4, 0.5) is 90.4 Å². The number of nitrogens with zero attached hydrogens (tertiary/aromatic N) is 12. The summed E-state index contributed by atoms with van der Waals surface area (Å²) in [5.74, 6) is -2.13. The molecule has 13 heterocycles. The van der Waals surface area contributed by atoms with Gasteiger partial charge in [0.2, 0.25) is 0 Å². The van der Waals surface area contributed by atoms with Gasteiger partial charge in [-0.25, -0.2) is 66.6 Å². The van der Waals surface area contributed by atoms with Gasteiger partial charge in [-0.15, -0.1) is 12.4 Å². The molecule has 766 valence electrons. The molecule has 9 aliphatic rings. The van der Waals surface area contributed by atoms with Crippen molar-refractivity contribution in [2.24, 2.45) is 5.73 Å². The van der Waals surface area contributed by atoms with Crippen LogP contribution in [0.25, 0.3) is 0 Å². The van der Waals surface area contributed by atoms with Crippen molar-refractivity contribution in [1.29, 1.82) is 0 Å². The van der Waals surface area contributed by atoms with Gasteiger partial charge in [0.15, 0.2) is 5.78 Å². The molecule has 0 fully saturated rings. The molecule has 0 radical (unpaired) electrons. The van der Waals surface area contributed by atoms with E-state index < -0.39 is 109 Å². The number of rotatable bonds is 9. The molecule has 0 saturated carbocycles. The Balaban J connectivity index is 0.000000127. The largest absolute Gasteiger partial charge is 0.444 e. The fourth-order valence-electron chi connectivity index (χ4n) is 18.6. The highest BCUT2D eigenvalue weighted by molar-refractivity contribution is 9.11. The number of nitrogens with one attached hydrogen (secondary N) is 10. The molecule has 5 aliphatic carbocycles. The maximum absolute atomic E-state index is 14.0. The minimum atomic E-state index is -1.19. The second-order valence-electron chi connectivity index (χ2n) is 35.1. The molecule has 39 nitrogen and oxygen atoms in total. The molecule has 9 aromatic heterocycles. The maximum Gasteiger partial charge on any atom is 0.413 e. The van der Waals surface area contributed by atoms with Crippen LogP contribution in [0.2, 0.25) is 25.1 Å². The molecular weight excluding hydrogens is 2270 g/mol. The standard InChI is InChI=1S/C19H13BrClFN6O2.2C19H14ClFN6O2.C15H9BrClFN2O2.C9H7FO.C9H14N4O2.C6H4BrClN2O2.ClH/c20-27-15-7-14(23-8-24-15)25-13-6-12(21)16-17(29)26-19(28(16)18(13)30)4-3-9-1-2-10(22)5-11(9)19;2*20-12-6-13(25-15-7-14(22)23-8-24-15)18(29)27-16(12)17(28)26-19(27)4-3-9-1-2-10(21)5-11(9)19;16-10-6-11(17)12-13(21)19-15(20(12)14(10)22)4-3-7-1-2-8(18)5-9(7)15;10-7-3-1-6-2-4-9(11)8(6)5-7;1-9(2,3)15-8(14)13-7-4-6(10)11-5-12-7;7-2-1-3(8)4(5(9)11)10-6(2)12;/h1-2,5-8H,3-4H2,(H,26,29)(H2,23,24,25,27);2*1-2,5-8H,3-4H2,(H,26,28)(H3,22,23,24,25);1-2,5-6H,3-4H2,(H,19,21);1,3,5H,2,4H2;4-5H,1-3H3,(H3,10,11,12,13,14);1H,(H2,9,11)(H,10,12);1H. The summed E-state index contributed by atoms with van der Waals surface area (Å²) >= 11 is 40.1. The van der Waals surface area contributed by atoms with E-state index >= 15 is 0 Å². The zero-order valence-corrected chi connectivity index (χ0v) is 86.4. The Hall–Kier alpha value is -15.1. The number of carbonyl (C=O) groups is 7. The number of hydrogen-bond donors (Lipinski definition) is 14. The predicted molar refractivity (Wildman–Crippen MR) is 556 cm³/mol. The number of fused-ring (bicyclic) bond motifs is 17. The van der Waals surface area contributed by atoms with Gasteiger partial charge in [-0.3, -0.25) is 76.3 Å². The first kappa shape index (κ1) is 107. The molecule has 18 N–H and O–H groups in total. The first-order valence-electron chi connectivity index (χ1n) is 44.2. The van der Waals surface area contributed by atoms with Gasteiger partial charge in [0.25, 0.3) is 57.3 Å². The third kappa shape index (κ3) is 20.9. The molecule has 6 amide bonds. The number of anilines is 11. The van der Waals surface area contributed by atoms with Crippen LogP contribution < -0.4 is 97.6 Å². The van der Waals surface area contributed by atoms with Crippen LogP contribution in [-0.4, -0.2) is 110 Å². The van der Waals surface area contributed by atoms with E-state index in [-0.39, 0.29) is 127 Å². The summed E-state index contributed by atoms with van der Waals surface area (Å²) < 4.78 is 81.9. The average Bonchev–Trinajstić information content (AvgIpc) is 1.56. The van der Waals surface area contributed by atoms with Crippen LogP contribution in [0, 0.1) is 29.1 Å². The number of nitrogens with two attached hydrogens (primary N) is 4. The van der Waals surface area contributed by atoms with E-state index in [1.807, 2.05) is 0 Å². The third-order valence-corrected chi connectivity index (χ3v) is 27.8. The lowest BCUT2D eigenvalue weighted by Gasteiger charge is -2.28. The van der Waals surface area contributed by atoms with Crippen molar-refractivity contribution in [2.45, 2.75) is 113 Å². The molecule has 4 unspecified atom stereocenters. The Morgan fingerprint density at radius 3 is 1.07 bits per heavy atom. The number of hydrogen-bond acceptors (Lipinski definition) is 28. The number of pyridine rings is 5. The number of H-pyrrole nitrogens is 1. The van der Waals surface area contributed by atoms with Gasteiger partial charge in [0, 0.05) is 74.7 Å². The fourth-order valence-corrected chi connectivity index (χ4v) is 21.2. The number of halogens is 14. The number of Topliss-reactive ketones (excluding diaryl/α,β-unsaturated/α-hetero) is 1. The minimum absolute atomic E-state index is 0. The number of carbonyl (C=O) groups excluding carboxylic acids is 7. The van der Waals surface area contributed by atoms with Gasteiger partial charge in [-0.2, -0.15) is 0 Å². The molecule has 5 aromatic carbocycles. The molecule has 4 aliphatic heterocycles. The van der Waals surface area contributed by atoms with E-state index in [9.17, 15) is 79.5 Å². The Morgan fingerprint density at radius 1 is 0.396 bits per heavy atom. The highest BCUT2D eigenvalue weighted by atomic mass is 79.9. The average molecular weight is 2350 g/mol. The van der Waals surface area contributed by atoms with E-state index in [0.717, 1.165) is 34.2 Å². The van der Waals surface area contributed by atoms with Crippen molar-refractivity contribution in [3.8, 4) is 0 Å². The quantitative estimate of drug-likeness (QED) is 0.0471. The Labute approximate surface area is 893 Å². The smallest absolute Gasteiger partial charge is 0.413 e. The van der Waals surface area contributed by atoms with Crippen molar-refractivity contribution >= 4 is 223 Å². The third-order valence-electron chi connectivity index (χ3n) is 24.8. The van der Waals surface area contributed by atoms with Crippen LogP contribution in [-0.2, 0) is 59.5 Å². The Morgan fingerprint density at radius 2 is 0.711 bits per heavy atom. The molecule has 4 spiro atoms. The highest BCUT2D eigenvalue weighted by Crippen LogP contribution is 2.49. The van der Waals surface area contributed by atoms with Crippen molar-refractivity contribution < 1.29 is 60.3 Å². The number of primary amides is 1. The second kappa shape index (κ2) is 42.3. The molecule has 23 rings (SSSR count).